The number of unbranched alkanes of at least 4 members (excludes halogenated alkanes) is 5. The highest BCUT2D eigenvalue weighted by molar-refractivity contribution is 7.86. The first-order chi connectivity index (χ1) is 11.7. The number of rotatable bonds is 11. The van der Waals surface area contributed by atoms with E-state index in [0.717, 1.165) is 37.3 Å². The summed E-state index contributed by atoms with van der Waals surface area (Å²) in [5.74, 6) is 0. The molecule has 1 rings (SSSR count). The van der Waals surface area contributed by atoms with Gasteiger partial charge in [-0.3, -0.25) is 4.18 Å². The molecule has 0 fully saturated rings. The molecule has 1 aromatic carbocycles. The van der Waals surface area contributed by atoms with Crippen LogP contribution in [-0.2, 0) is 14.3 Å². The predicted octanol–water partition coefficient (Wildman–Crippen LogP) is 5.55. The highest BCUT2D eigenvalue weighted by Gasteiger charge is 2.24. The maximum absolute atomic E-state index is 11.9. The number of hydrogen-bond acceptors (Lipinski definition) is 3. The molecule has 0 bridgehead atoms. The second-order valence-electron chi connectivity index (χ2n) is 5.94. The molecular weight excluding hydrogens is 353 g/mol. The fraction of sp³-hybridized carbons (Fsp3) is 0.556. The Morgan fingerprint density at radius 1 is 0.960 bits per heavy atom. The van der Waals surface area contributed by atoms with Crippen molar-refractivity contribution in [2.75, 3.05) is 6.61 Å². The van der Waals surface area contributed by atoms with E-state index < -0.39 is 22.7 Å². The number of alkyl halides is 3. The summed E-state index contributed by atoms with van der Waals surface area (Å²) in [5.41, 5.74) is 0.979. The molecule has 0 atom stereocenters. The fourth-order valence-electron chi connectivity index (χ4n) is 2.17. The van der Waals surface area contributed by atoms with E-state index in [1.807, 2.05) is 6.92 Å². The summed E-state index contributed by atoms with van der Waals surface area (Å²) < 4.78 is 64.6. The molecule has 7 heteroatoms. The molecule has 142 valence electrons. The lowest BCUT2D eigenvalue weighted by molar-refractivity contribution is -0.125. The van der Waals surface area contributed by atoms with Crippen LogP contribution >= 0.6 is 0 Å². The van der Waals surface area contributed by atoms with E-state index in [1.54, 1.807) is 18.2 Å². The number of aryl methyl sites for hydroxylation is 1. The molecule has 1 aromatic rings. The molecule has 0 saturated heterocycles. The molecule has 0 aromatic heterocycles. The Morgan fingerprint density at radius 3 is 2.20 bits per heavy atom. The van der Waals surface area contributed by atoms with Crippen molar-refractivity contribution in [1.82, 2.24) is 0 Å². The molecule has 0 aliphatic rings. The largest absolute Gasteiger partial charge is 0.392 e. The number of hydrogen-bond donors (Lipinski definition) is 0. The first kappa shape index (κ1) is 21.7. The quantitative estimate of drug-likeness (QED) is 0.288. The summed E-state index contributed by atoms with van der Waals surface area (Å²) in [7, 11) is -3.70. The smallest absolute Gasteiger partial charge is 0.266 e. The molecule has 0 aliphatic carbocycles. The second-order valence-corrected chi connectivity index (χ2v) is 7.55. The summed E-state index contributed by atoms with van der Waals surface area (Å²) in [6, 6.07) is 6.49. The van der Waals surface area contributed by atoms with E-state index in [-0.39, 0.29) is 11.5 Å². The van der Waals surface area contributed by atoms with Crippen molar-refractivity contribution in [3.63, 3.8) is 0 Å². The van der Waals surface area contributed by atoms with Crippen LogP contribution in [0.15, 0.2) is 41.3 Å². The predicted molar refractivity (Wildman–Crippen MR) is 91.8 cm³/mol. The third-order valence-electron chi connectivity index (χ3n) is 3.58. The van der Waals surface area contributed by atoms with Crippen LogP contribution in [0.4, 0.5) is 13.2 Å². The van der Waals surface area contributed by atoms with E-state index in [9.17, 15) is 21.6 Å². The van der Waals surface area contributed by atoms with Crippen LogP contribution in [0, 0.1) is 6.92 Å². The van der Waals surface area contributed by atoms with Gasteiger partial charge in [-0.15, -0.1) is 0 Å². The molecule has 0 amide bonds. The minimum Gasteiger partial charge on any atom is -0.266 e. The van der Waals surface area contributed by atoms with Gasteiger partial charge in [0.1, 0.15) is 0 Å². The van der Waals surface area contributed by atoms with Crippen molar-refractivity contribution in [3.05, 3.63) is 42.0 Å². The summed E-state index contributed by atoms with van der Waals surface area (Å²) in [6.45, 7) is 2.02. The minimum absolute atomic E-state index is 0.141. The summed E-state index contributed by atoms with van der Waals surface area (Å²) in [6.07, 6.45) is 2.45. The lowest BCUT2D eigenvalue weighted by atomic mass is 10.1. The fourth-order valence-corrected chi connectivity index (χ4v) is 3.11. The number of benzene rings is 1. The zero-order chi connectivity index (χ0) is 18.8. The van der Waals surface area contributed by atoms with Crippen molar-refractivity contribution in [2.45, 2.75) is 62.9 Å². The Morgan fingerprint density at radius 2 is 1.56 bits per heavy atom. The van der Waals surface area contributed by atoms with Gasteiger partial charge in [0, 0.05) is 0 Å². The lowest BCUT2D eigenvalue weighted by Gasteiger charge is -2.06. The molecule has 0 saturated carbocycles. The molecular formula is C18H25F3O3S. The maximum atomic E-state index is 11.9. The standard InChI is InChI=1S/C18H25F3O3S/c1-16-10-12-17(13-11-16)25(22,23)24-15-9-7-5-3-2-4-6-8-14-18(19,20)21/h6,8,10-13H,2-5,7,9,14-15H2,1H3/b8-6+. The van der Waals surface area contributed by atoms with E-state index in [2.05, 4.69) is 0 Å². The van der Waals surface area contributed by atoms with Crippen LogP contribution in [0.5, 0.6) is 0 Å². The van der Waals surface area contributed by atoms with Gasteiger partial charge in [0.15, 0.2) is 0 Å². The molecule has 0 N–H and O–H groups in total. The third-order valence-corrected chi connectivity index (χ3v) is 4.91. The number of halogens is 3. The van der Waals surface area contributed by atoms with Crippen molar-refractivity contribution in [1.29, 1.82) is 0 Å². The first-order valence-corrected chi connectivity index (χ1v) is 9.79. The van der Waals surface area contributed by atoms with Gasteiger partial charge in [0.25, 0.3) is 10.1 Å². The lowest BCUT2D eigenvalue weighted by Crippen LogP contribution is -2.07. The first-order valence-electron chi connectivity index (χ1n) is 8.38. The van der Waals surface area contributed by atoms with Gasteiger partial charge >= 0.3 is 6.18 Å². The van der Waals surface area contributed by atoms with Gasteiger partial charge < -0.3 is 0 Å². The Balaban J connectivity index is 2.07. The van der Waals surface area contributed by atoms with Crippen molar-refractivity contribution in [2.24, 2.45) is 0 Å². The molecule has 0 aliphatic heterocycles. The highest BCUT2D eigenvalue weighted by atomic mass is 32.2. The van der Waals surface area contributed by atoms with Crippen LogP contribution in [0.3, 0.4) is 0 Å². The topological polar surface area (TPSA) is 43.4 Å². The van der Waals surface area contributed by atoms with E-state index in [1.165, 1.54) is 12.1 Å². The van der Waals surface area contributed by atoms with Crippen LogP contribution < -0.4 is 0 Å². The Labute approximate surface area is 148 Å². The molecule has 0 spiro atoms. The van der Waals surface area contributed by atoms with Crippen molar-refractivity contribution in [3.8, 4) is 0 Å². The van der Waals surface area contributed by atoms with E-state index in [4.69, 9.17) is 4.18 Å². The van der Waals surface area contributed by atoms with Crippen LogP contribution in [-0.4, -0.2) is 21.2 Å². The third kappa shape index (κ3) is 10.3. The number of allylic oxidation sites excluding steroid dienone is 2. The Hall–Kier alpha value is -1.34. The van der Waals surface area contributed by atoms with Crippen LogP contribution in [0.2, 0.25) is 0 Å². The van der Waals surface area contributed by atoms with Gasteiger partial charge in [-0.05, 0) is 38.3 Å². The SMILES string of the molecule is Cc1ccc(S(=O)(=O)OCCCCCCC/C=C/CC(F)(F)F)cc1. The molecule has 25 heavy (non-hydrogen) atoms. The van der Waals surface area contributed by atoms with Crippen LogP contribution in [0.25, 0.3) is 0 Å². The molecule has 0 heterocycles. The Bertz CT molecular complexity index is 620. The van der Waals surface area contributed by atoms with Gasteiger partial charge in [0.05, 0.1) is 17.9 Å². The summed E-state index contributed by atoms with van der Waals surface area (Å²) >= 11 is 0. The van der Waals surface area contributed by atoms with Crippen molar-refractivity contribution >= 4 is 10.1 Å². The average Bonchev–Trinajstić information content (AvgIpc) is 2.52. The molecule has 0 radical (unpaired) electrons. The van der Waals surface area contributed by atoms with Gasteiger partial charge in [-0.25, -0.2) is 0 Å². The minimum atomic E-state index is -4.13. The molecule has 0 unspecified atom stereocenters. The summed E-state index contributed by atoms with van der Waals surface area (Å²) in [4.78, 5) is 0.156. The van der Waals surface area contributed by atoms with Gasteiger partial charge in [0.2, 0.25) is 0 Å². The maximum Gasteiger partial charge on any atom is 0.392 e. The van der Waals surface area contributed by atoms with Crippen LogP contribution in [0.1, 0.15) is 50.5 Å². The monoisotopic (exact) mass is 378 g/mol. The summed E-state index contributed by atoms with van der Waals surface area (Å²) in [5, 5.41) is 0. The average molecular weight is 378 g/mol. The van der Waals surface area contributed by atoms with Gasteiger partial charge in [-0.2, -0.15) is 21.6 Å². The zero-order valence-corrected chi connectivity index (χ0v) is 15.2. The normalized spacial score (nSPS) is 12.8. The highest BCUT2D eigenvalue weighted by Crippen LogP contribution is 2.20. The zero-order valence-electron chi connectivity index (χ0n) is 14.4. The molecule has 3 nitrogen and oxygen atoms in total. The second kappa shape index (κ2) is 10.6. The van der Waals surface area contributed by atoms with E-state index in [0.29, 0.717) is 12.8 Å². The van der Waals surface area contributed by atoms with Crippen molar-refractivity contribution < 1.29 is 25.8 Å². The Kier molecular flexibility index (Phi) is 9.21. The van der Waals surface area contributed by atoms with E-state index >= 15 is 0 Å². The van der Waals surface area contributed by atoms with Gasteiger partial charge in [-0.1, -0.05) is 49.1 Å².